The second-order valence-corrected chi connectivity index (χ2v) is 11.8. The number of methoxy groups -OCH3 is 1. The molecule has 40 heavy (non-hydrogen) atoms. The minimum Gasteiger partial charge on any atom is -0.497 e. The monoisotopic (exact) mass is 572 g/mol. The third kappa shape index (κ3) is 6.56. The highest BCUT2D eigenvalue weighted by Gasteiger charge is 2.33. The lowest BCUT2D eigenvalue weighted by Gasteiger charge is -2.26. The van der Waals surface area contributed by atoms with Crippen LogP contribution in [0.4, 0.5) is 25.1 Å². The van der Waals surface area contributed by atoms with E-state index in [1.165, 1.54) is 24.5 Å². The fourth-order valence-corrected chi connectivity index (χ4v) is 5.72. The number of rotatable bonds is 6. The van der Waals surface area contributed by atoms with Gasteiger partial charge in [-0.15, -0.1) is 4.36 Å². The van der Waals surface area contributed by atoms with Gasteiger partial charge in [-0.3, -0.25) is 4.79 Å². The second kappa shape index (κ2) is 11.6. The standard InChI is InChI=1S/C28H30F2N4O5S/c1-18-23(19-8-10-21(39-2)11-9-19)17-31-25(34-14-5-12-28(29,30)13-15-34)24(18)26(35)32-20-6-4-7-22(16-20)40(3,38)33-27(36)37/h4,6-11,16-17H,5,12-15H2,1-3H3,(H,32,35)(H,36,37). The van der Waals surface area contributed by atoms with Crippen LogP contribution in [0.5, 0.6) is 5.75 Å². The van der Waals surface area contributed by atoms with Gasteiger partial charge in [-0.25, -0.2) is 22.8 Å². The molecule has 0 spiro atoms. The van der Waals surface area contributed by atoms with Crippen LogP contribution in [-0.4, -0.2) is 58.7 Å². The van der Waals surface area contributed by atoms with Crippen molar-refractivity contribution in [3.8, 4) is 16.9 Å². The number of carbonyl (C=O) groups is 2. The van der Waals surface area contributed by atoms with Gasteiger partial charge in [0.05, 0.1) is 22.4 Å². The van der Waals surface area contributed by atoms with Crippen molar-refractivity contribution in [1.29, 1.82) is 0 Å². The number of ether oxygens (including phenoxy) is 1. The van der Waals surface area contributed by atoms with Gasteiger partial charge < -0.3 is 20.1 Å². The zero-order valence-electron chi connectivity index (χ0n) is 22.3. The maximum absolute atomic E-state index is 14.1. The predicted octanol–water partition coefficient (Wildman–Crippen LogP) is 6.08. The molecule has 212 valence electrons. The topological polar surface area (TPSA) is 121 Å². The number of pyridine rings is 1. The molecule has 1 saturated heterocycles. The van der Waals surface area contributed by atoms with E-state index in [4.69, 9.17) is 9.84 Å². The number of carbonyl (C=O) groups excluding carboxylic acids is 1. The summed E-state index contributed by atoms with van der Waals surface area (Å²) in [6.45, 7) is 2.12. The molecule has 12 heteroatoms. The summed E-state index contributed by atoms with van der Waals surface area (Å²) in [5.41, 5.74) is 2.55. The number of amides is 2. The van der Waals surface area contributed by atoms with Crippen molar-refractivity contribution in [2.75, 3.05) is 36.7 Å². The molecule has 1 unspecified atom stereocenters. The van der Waals surface area contributed by atoms with Crippen molar-refractivity contribution in [3.05, 3.63) is 65.9 Å². The van der Waals surface area contributed by atoms with Gasteiger partial charge in [0.25, 0.3) is 5.91 Å². The number of hydrogen-bond donors (Lipinski definition) is 2. The highest BCUT2D eigenvalue weighted by molar-refractivity contribution is 7.93. The normalized spacial score (nSPS) is 16.4. The summed E-state index contributed by atoms with van der Waals surface area (Å²) in [5, 5.41) is 11.8. The fraction of sp³-hybridized carbons (Fsp3) is 0.321. The first-order valence-corrected chi connectivity index (χ1v) is 14.5. The van der Waals surface area contributed by atoms with Crippen LogP contribution in [-0.2, 0) is 9.73 Å². The van der Waals surface area contributed by atoms with Gasteiger partial charge >= 0.3 is 6.09 Å². The lowest BCUT2D eigenvalue weighted by atomic mass is 9.97. The highest BCUT2D eigenvalue weighted by atomic mass is 32.2. The van der Waals surface area contributed by atoms with Crippen molar-refractivity contribution in [1.82, 2.24) is 4.98 Å². The Kier molecular flexibility index (Phi) is 8.38. The SMILES string of the molecule is COc1ccc(-c2cnc(N3CCCC(F)(F)CC3)c(C(=O)Nc3cccc(S(C)(=O)=NC(=O)O)c3)c2C)cc1. The molecule has 0 radical (unpaired) electrons. The minimum absolute atomic E-state index is 0.0334. The van der Waals surface area contributed by atoms with E-state index in [0.717, 1.165) is 5.56 Å². The maximum atomic E-state index is 14.1. The van der Waals surface area contributed by atoms with E-state index < -0.39 is 27.7 Å². The lowest BCUT2D eigenvalue weighted by Crippen LogP contribution is -2.30. The lowest BCUT2D eigenvalue weighted by molar-refractivity contribution is -0.0102. The first-order chi connectivity index (χ1) is 18.9. The average molecular weight is 573 g/mol. The number of carboxylic acid groups (broad SMARTS) is 1. The summed E-state index contributed by atoms with van der Waals surface area (Å²) >= 11 is 0. The summed E-state index contributed by atoms with van der Waals surface area (Å²) < 4.78 is 49.6. The van der Waals surface area contributed by atoms with Crippen LogP contribution in [0.15, 0.2) is 64.0 Å². The Hall–Kier alpha value is -4.06. The first-order valence-electron chi connectivity index (χ1n) is 12.5. The molecule has 4 rings (SSSR count). The second-order valence-electron chi connectivity index (χ2n) is 9.58. The Balaban J connectivity index is 1.77. The quantitative estimate of drug-likeness (QED) is 0.367. The summed E-state index contributed by atoms with van der Waals surface area (Å²) in [6, 6.07) is 13.2. The highest BCUT2D eigenvalue weighted by Crippen LogP contribution is 2.35. The van der Waals surface area contributed by atoms with Gasteiger partial charge in [0.15, 0.2) is 0 Å². The van der Waals surface area contributed by atoms with Crippen molar-refractivity contribution < 1.29 is 32.4 Å². The summed E-state index contributed by atoms with van der Waals surface area (Å²) in [5.74, 6) is -2.37. The molecule has 1 atom stereocenters. The van der Waals surface area contributed by atoms with Crippen LogP contribution in [0.3, 0.4) is 0 Å². The molecule has 1 aliphatic rings. The third-order valence-corrected chi connectivity index (χ3v) is 8.38. The van der Waals surface area contributed by atoms with Gasteiger partial charge in [-0.2, -0.15) is 0 Å². The van der Waals surface area contributed by atoms with Gasteiger partial charge in [0, 0.05) is 54.5 Å². The van der Waals surface area contributed by atoms with Crippen molar-refractivity contribution in [2.24, 2.45) is 4.36 Å². The summed E-state index contributed by atoms with van der Waals surface area (Å²) in [6.07, 6.45) is 0.919. The zero-order chi connectivity index (χ0) is 29.1. The van der Waals surface area contributed by atoms with Crippen molar-refractivity contribution >= 4 is 33.2 Å². The molecule has 0 bridgehead atoms. The van der Waals surface area contributed by atoms with Gasteiger partial charge in [-0.05, 0) is 54.8 Å². The third-order valence-electron chi connectivity index (χ3n) is 6.75. The Bertz CT molecular complexity index is 1550. The number of nitrogens with one attached hydrogen (secondary N) is 1. The molecule has 9 nitrogen and oxygen atoms in total. The number of nitrogens with zero attached hydrogens (tertiary/aromatic N) is 3. The van der Waals surface area contributed by atoms with Crippen molar-refractivity contribution in [3.63, 3.8) is 0 Å². The number of halogens is 2. The number of aromatic nitrogens is 1. The van der Waals surface area contributed by atoms with E-state index in [9.17, 15) is 22.6 Å². The zero-order valence-corrected chi connectivity index (χ0v) is 23.1. The average Bonchev–Trinajstić information content (AvgIpc) is 3.08. The first kappa shape index (κ1) is 28.9. The van der Waals surface area contributed by atoms with Crippen LogP contribution < -0.4 is 15.0 Å². The summed E-state index contributed by atoms with van der Waals surface area (Å²) in [7, 11) is -1.70. The molecule has 1 fully saturated rings. The molecule has 0 aliphatic carbocycles. The Labute approximate surface area is 231 Å². The number of anilines is 2. The van der Waals surface area contributed by atoms with E-state index >= 15 is 0 Å². The molecule has 3 aromatic rings. The smallest absolute Gasteiger partial charge is 0.439 e. The molecule has 2 heterocycles. The largest absolute Gasteiger partial charge is 0.497 e. The predicted molar refractivity (Wildman–Crippen MR) is 149 cm³/mol. The fourth-order valence-electron chi connectivity index (χ4n) is 4.64. The van der Waals surface area contributed by atoms with Crippen LogP contribution in [0.2, 0.25) is 0 Å². The number of hydrogen-bond acceptors (Lipinski definition) is 6. The maximum Gasteiger partial charge on any atom is 0.439 e. The number of benzene rings is 2. The molecule has 2 amide bonds. The Morgan fingerprint density at radius 2 is 1.88 bits per heavy atom. The molecule has 1 aromatic heterocycles. The molecular weight excluding hydrogens is 542 g/mol. The molecule has 2 N–H and O–H groups in total. The Morgan fingerprint density at radius 3 is 2.55 bits per heavy atom. The molecule has 2 aromatic carbocycles. The van der Waals surface area contributed by atoms with E-state index in [1.807, 2.05) is 12.1 Å². The molecular formula is C28H30F2N4O5S. The van der Waals surface area contributed by atoms with Crippen LogP contribution in [0, 0.1) is 6.92 Å². The minimum atomic E-state index is -3.26. The van der Waals surface area contributed by atoms with E-state index in [1.54, 1.807) is 43.3 Å². The van der Waals surface area contributed by atoms with Gasteiger partial charge in [-0.1, -0.05) is 18.2 Å². The summed E-state index contributed by atoms with van der Waals surface area (Å²) in [4.78, 5) is 31.3. The van der Waals surface area contributed by atoms with Gasteiger partial charge in [0.2, 0.25) is 5.92 Å². The molecule has 0 saturated carbocycles. The van der Waals surface area contributed by atoms with Crippen LogP contribution >= 0.6 is 0 Å². The van der Waals surface area contributed by atoms with Crippen molar-refractivity contribution in [2.45, 2.75) is 37.0 Å². The molecule has 1 aliphatic heterocycles. The van der Waals surface area contributed by atoms with E-state index in [-0.39, 0.29) is 42.0 Å². The Morgan fingerprint density at radius 1 is 1.15 bits per heavy atom. The van der Waals surface area contributed by atoms with Crippen LogP contribution in [0.1, 0.15) is 35.2 Å². The van der Waals surface area contributed by atoms with E-state index in [0.29, 0.717) is 29.2 Å². The van der Waals surface area contributed by atoms with Crippen LogP contribution in [0.25, 0.3) is 11.1 Å². The van der Waals surface area contributed by atoms with Gasteiger partial charge in [0.1, 0.15) is 11.6 Å². The number of alkyl halides is 2. The van der Waals surface area contributed by atoms with E-state index in [2.05, 4.69) is 14.7 Å².